The molecule has 0 spiro atoms. The molecule has 2 aromatic carbocycles. The molecule has 1 aromatic heterocycles. The van der Waals surface area contributed by atoms with Crippen LogP contribution in [0, 0.1) is 12.8 Å². The largest absolute Gasteiger partial charge is 0.364 e. The molecule has 0 aliphatic carbocycles. The number of hydrogen-bond donors (Lipinski definition) is 0. The molecule has 31 heavy (non-hydrogen) atoms. The molecule has 1 aliphatic rings. The SMILES string of the molecule is Cc1c(-c2ccc(-c3ccccc3)cc2)nn(CC(C)C)c(=O)c1N1CCN(C)CC1. The summed E-state index contributed by atoms with van der Waals surface area (Å²) < 4.78 is 1.67. The van der Waals surface area contributed by atoms with Gasteiger partial charge in [0.2, 0.25) is 0 Å². The first-order valence-corrected chi connectivity index (χ1v) is 11.1. The maximum Gasteiger partial charge on any atom is 0.290 e. The molecule has 162 valence electrons. The van der Waals surface area contributed by atoms with Crippen molar-refractivity contribution >= 4 is 5.69 Å². The highest BCUT2D eigenvalue weighted by atomic mass is 16.1. The van der Waals surface area contributed by atoms with Crippen molar-refractivity contribution < 1.29 is 0 Å². The van der Waals surface area contributed by atoms with Crippen LogP contribution < -0.4 is 10.5 Å². The Bertz CT molecular complexity index is 1080. The molecule has 2 heterocycles. The van der Waals surface area contributed by atoms with Crippen LogP contribution in [0.5, 0.6) is 0 Å². The van der Waals surface area contributed by atoms with Crippen molar-refractivity contribution in [3.63, 3.8) is 0 Å². The molecule has 1 saturated heterocycles. The molecule has 1 fully saturated rings. The van der Waals surface area contributed by atoms with Crippen LogP contribution >= 0.6 is 0 Å². The van der Waals surface area contributed by atoms with Gasteiger partial charge in [-0.25, -0.2) is 4.68 Å². The third-order valence-electron chi connectivity index (χ3n) is 5.99. The van der Waals surface area contributed by atoms with Gasteiger partial charge in [0.15, 0.2) is 0 Å². The highest BCUT2D eigenvalue weighted by Gasteiger charge is 2.23. The van der Waals surface area contributed by atoms with Crippen molar-refractivity contribution in [1.82, 2.24) is 14.7 Å². The molecule has 0 amide bonds. The van der Waals surface area contributed by atoms with E-state index >= 15 is 0 Å². The van der Waals surface area contributed by atoms with Crippen LogP contribution in [0.25, 0.3) is 22.4 Å². The van der Waals surface area contributed by atoms with Gasteiger partial charge in [0.05, 0.1) is 5.69 Å². The minimum atomic E-state index is 0.0282. The molecule has 0 unspecified atom stereocenters. The summed E-state index contributed by atoms with van der Waals surface area (Å²) in [4.78, 5) is 17.9. The third kappa shape index (κ3) is 4.57. The van der Waals surface area contributed by atoms with Crippen molar-refractivity contribution in [3.8, 4) is 22.4 Å². The van der Waals surface area contributed by atoms with E-state index < -0.39 is 0 Å². The first kappa shape index (κ1) is 21.3. The maximum absolute atomic E-state index is 13.4. The molecule has 3 aromatic rings. The van der Waals surface area contributed by atoms with Crippen LogP contribution in [0.15, 0.2) is 59.4 Å². The number of piperazine rings is 1. The van der Waals surface area contributed by atoms with Crippen LogP contribution in [-0.4, -0.2) is 47.9 Å². The lowest BCUT2D eigenvalue weighted by Crippen LogP contribution is -2.47. The summed E-state index contributed by atoms with van der Waals surface area (Å²) in [7, 11) is 2.13. The van der Waals surface area contributed by atoms with Gasteiger partial charge in [-0.3, -0.25) is 4.79 Å². The average Bonchev–Trinajstić information content (AvgIpc) is 2.77. The lowest BCUT2D eigenvalue weighted by Gasteiger charge is -2.34. The predicted octanol–water partition coefficient (Wildman–Crippen LogP) is 4.29. The predicted molar refractivity (Wildman–Crippen MR) is 129 cm³/mol. The number of anilines is 1. The van der Waals surface area contributed by atoms with E-state index in [1.165, 1.54) is 11.1 Å². The molecule has 4 rings (SSSR count). The van der Waals surface area contributed by atoms with Crippen molar-refractivity contribution in [2.75, 3.05) is 38.1 Å². The second kappa shape index (κ2) is 9.06. The Morgan fingerprint density at radius 3 is 2.06 bits per heavy atom. The van der Waals surface area contributed by atoms with E-state index in [9.17, 15) is 4.79 Å². The molecule has 1 aliphatic heterocycles. The van der Waals surface area contributed by atoms with Gasteiger partial charge in [-0.05, 0) is 31.0 Å². The molecule has 0 radical (unpaired) electrons. The van der Waals surface area contributed by atoms with Crippen molar-refractivity contribution in [2.45, 2.75) is 27.3 Å². The first-order chi connectivity index (χ1) is 14.9. The summed E-state index contributed by atoms with van der Waals surface area (Å²) in [5.74, 6) is 0.349. The minimum absolute atomic E-state index is 0.0282. The van der Waals surface area contributed by atoms with Gasteiger partial charge in [-0.1, -0.05) is 68.4 Å². The van der Waals surface area contributed by atoms with Gasteiger partial charge in [0.25, 0.3) is 5.56 Å². The zero-order valence-electron chi connectivity index (χ0n) is 19.0. The Hall–Kier alpha value is -2.92. The van der Waals surface area contributed by atoms with Gasteiger partial charge in [-0.2, -0.15) is 5.10 Å². The molecule has 0 N–H and O–H groups in total. The van der Waals surface area contributed by atoms with Gasteiger partial charge in [0.1, 0.15) is 5.69 Å². The van der Waals surface area contributed by atoms with Crippen molar-refractivity contribution in [3.05, 3.63) is 70.5 Å². The smallest absolute Gasteiger partial charge is 0.290 e. The van der Waals surface area contributed by atoms with E-state index in [1.807, 2.05) is 13.0 Å². The van der Waals surface area contributed by atoms with Crippen molar-refractivity contribution in [2.24, 2.45) is 5.92 Å². The Balaban J connectivity index is 1.78. The number of rotatable bonds is 5. The Morgan fingerprint density at radius 1 is 0.871 bits per heavy atom. The van der Waals surface area contributed by atoms with E-state index in [0.29, 0.717) is 12.5 Å². The molecular formula is C26H32N4O. The summed E-state index contributed by atoms with van der Waals surface area (Å²) in [6.07, 6.45) is 0. The number of aromatic nitrogens is 2. The second-order valence-electron chi connectivity index (χ2n) is 8.94. The summed E-state index contributed by atoms with van der Waals surface area (Å²) in [6.45, 7) is 10.6. The number of nitrogens with zero attached hydrogens (tertiary/aromatic N) is 4. The van der Waals surface area contributed by atoms with Crippen LogP contribution in [0.1, 0.15) is 19.4 Å². The van der Waals surface area contributed by atoms with Gasteiger partial charge >= 0.3 is 0 Å². The lowest BCUT2D eigenvalue weighted by atomic mass is 10.0. The van der Waals surface area contributed by atoms with Crippen LogP contribution in [0.3, 0.4) is 0 Å². The molecule has 0 bridgehead atoms. The van der Waals surface area contributed by atoms with E-state index in [4.69, 9.17) is 5.10 Å². The minimum Gasteiger partial charge on any atom is -0.364 e. The highest BCUT2D eigenvalue weighted by Crippen LogP contribution is 2.29. The molecule has 0 saturated carbocycles. The van der Waals surface area contributed by atoms with Crippen LogP contribution in [0.2, 0.25) is 0 Å². The Labute approximate surface area is 184 Å². The lowest BCUT2D eigenvalue weighted by molar-refractivity contribution is 0.312. The highest BCUT2D eigenvalue weighted by molar-refractivity contribution is 5.73. The van der Waals surface area contributed by atoms with E-state index in [-0.39, 0.29) is 5.56 Å². The molecular weight excluding hydrogens is 384 g/mol. The van der Waals surface area contributed by atoms with E-state index in [2.05, 4.69) is 79.2 Å². The summed E-state index contributed by atoms with van der Waals surface area (Å²) in [5.41, 5.74) is 6.13. The quantitative estimate of drug-likeness (QED) is 0.622. The average molecular weight is 417 g/mol. The standard InChI is InChI=1S/C26H32N4O/c1-19(2)18-30-26(31)25(29-16-14-28(4)15-17-29)20(3)24(27-30)23-12-10-22(11-13-23)21-8-6-5-7-9-21/h5-13,19H,14-18H2,1-4H3. The Kier molecular flexibility index (Phi) is 6.23. The zero-order valence-corrected chi connectivity index (χ0v) is 19.0. The fourth-order valence-corrected chi connectivity index (χ4v) is 4.23. The first-order valence-electron chi connectivity index (χ1n) is 11.1. The fraction of sp³-hybridized carbons (Fsp3) is 0.385. The number of hydrogen-bond acceptors (Lipinski definition) is 4. The number of benzene rings is 2. The topological polar surface area (TPSA) is 41.4 Å². The molecule has 5 heteroatoms. The maximum atomic E-state index is 13.4. The monoisotopic (exact) mass is 416 g/mol. The van der Waals surface area contributed by atoms with E-state index in [1.54, 1.807) is 4.68 Å². The van der Waals surface area contributed by atoms with Crippen molar-refractivity contribution in [1.29, 1.82) is 0 Å². The van der Waals surface area contributed by atoms with Gasteiger partial charge < -0.3 is 9.80 Å². The van der Waals surface area contributed by atoms with Crippen LogP contribution in [-0.2, 0) is 6.54 Å². The summed E-state index contributed by atoms with van der Waals surface area (Å²) >= 11 is 0. The van der Waals surface area contributed by atoms with Crippen LogP contribution in [0.4, 0.5) is 5.69 Å². The van der Waals surface area contributed by atoms with Gasteiger partial charge in [0, 0.05) is 43.9 Å². The van der Waals surface area contributed by atoms with E-state index in [0.717, 1.165) is 48.7 Å². The number of likely N-dealkylation sites (N-methyl/N-ethyl adjacent to an activating group) is 1. The second-order valence-corrected chi connectivity index (χ2v) is 8.94. The zero-order chi connectivity index (χ0) is 22.0. The third-order valence-corrected chi connectivity index (χ3v) is 5.99. The summed E-state index contributed by atoms with van der Waals surface area (Å²) in [5, 5.41) is 4.82. The molecule has 5 nitrogen and oxygen atoms in total. The molecule has 0 atom stereocenters. The normalized spacial score (nSPS) is 14.9. The Morgan fingerprint density at radius 2 is 1.45 bits per heavy atom. The fourth-order valence-electron chi connectivity index (χ4n) is 4.23. The van der Waals surface area contributed by atoms with Gasteiger partial charge in [-0.15, -0.1) is 0 Å². The summed E-state index contributed by atoms with van der Waals surface area (Å²) in [6, 6.07) is 18.9.